The summed E-state index contributed by atoms with van der Waals surface area (Å²) >= 11 is 3.11. The topological polar surface area (TPSA) is 51.2 Å². The molecule has 0 bridgehead atoms. The van der Waals surface area contributed by atoms with Gasteiger partial charge in [0.1, 0.15) is 10.7 Å². The van der Waals surface area contributed by atoms with Crippen LogP contribution < -0.4 is 5.32 Å². The highest BCUT2D eigenvalue weighted by Gasteiger charge is 2.12. The lowest BCUT2D eigenvalue weighted by Crippen LogP contribution is -2.23. The molecule has 0 spiro atoms. The van der Waals surface area contributed by atoms with E-state index in [-0.39, 0.29) is 5.91 Å². The van der Waals surface area contributed by atoms with Crippen molar-refractivity contribution in [2.24, 2.45) is 0 Å². The predicted molar refractivity (Wildman–Crippen MR) is 93.8 cm³/mol. The fraction of sp³-hybridized carbons (Fsp3) is 0.176. The summed E-state index contributed by atoms with van der Waals surface area (Å²) in [6.45, 7) is 0.996. The number of thiophene rings is 1. The SMILES string of the molecule is COCc1ccccc1CNC(=O)c1csc(-c2cccs2)n1. The Balaban J connectivity index is 1.66. The van der Waals surface area contributed by atoms with Crippen LogP contribution in [0.5, 0.6) is 0 Å². The third kappa shape index (κ3) is 3.85. The average Bonchev–Trinajstić information content (AvgIpc) is 3.25. The number of amides is 1. The number of carbonyl (C=O) groups excluding carboxylic acids is 1. The van der Waals surface area contributed by atoms with Crippen molar-refractivity contribution < 1.29 is 9.53 Å². The number of aromatic nitrogens is 1. The van der Waals surface area contributed by atoms with Crippen molar-refractivity contribution in [1.82, 2.24) is 10.3 Å². The largest absolute Gasteiger partial charge is 0.380 e. The second-order valence-corrected chi connectivity index (χ2v) is 6.71. The highest BCUT2D eigenvalue weighted by atomic mass is 32.1. The molecule has 0 radical (unpaired) electrons. The number of carbonyl (C=O) groups is 1. The molecule has 6 heteroatoms. The molecule has 1 aromatic carbocycles. The first-order valence-electron chi connectivity index (χ1n) is 7.11. The summed E-state index contributed by atoms with van der Waals surface area (Å²) in [6, 6.07) is 11.9. The van der Waals surface area contributed by atoms with Gasteiger partial charge in [-0.3, -0.25) is 4.79 Å². The number of ether oxygens (including phenoxy) is 1. The second kappa shape index (κ2) is 7.50. The van der Waals surface area contributed by atoms with Crippen LogP contribution >= 0.6 is 22.7 Å². The van der Waals surface area contributed by atoms with Crippen LogP contribution in [-0.4, -0.2) is 18.0 Å². The van der Waals surface area contributed by atoms with Crippen molar-refractivity contribution >= 4 is 28.6 Å². The number of methoxy groups -OCH3 is 1. The monoisotopic (exact) mass is 344 g/mol. The van der Waals surface area contributed by atoms with Crippen molar-refractivity contribution in [2.45, 2.75) is 13.2 Å². The zero-order chi connectivity index (χ0) is 16.1. The quantitative estimate of drug-likeness (QED) is 0.737. The van der Waals surface area contributed by atoms with E-state index in [1.165, 1.54) is 11.3 Å². The molecule has 0 fully saturated rings. The third-order valence-electron chi connectivity index (χ3n) is 3.33. The lowest BCUT2D eigenvalue weighted by atomic mass is 10.1. The van der Waals surface area contributed by atoms with Crippen molar-refractivity contribution in [3.63, 3.8) is 0 Å². The van der Waals surface area contributed by atoms with E-state index in [1.54, 1.807) is 23.8 Å². The number of nitrogens with zero attached hydrogens (tertiary/aromatic N) is 1. The van der Waals surface area contributed by atoms with Gasteiger partial charge in [0, 0.05) is 19.0 Å². The Kier molecular flexibility index (Phi) is 5.17. The van der Waals surface area contributed by atoms with E-state index in [0.717, 1.165) is 21.0 Å². The minimum atomic E-state index is -0.156. The van der Waals surface area contributed by atoms with Crippen molar-refractivity contribution in [2.75, 3.05) is 7.11 Å². The minimum absolute atomic E-state index is 0.156. The van der Waals surface area contributed by atoms with Crippen LogP contribution in [0.3, 0.4) is 0 Å². The molecule has 118 valence electrons. The summed E-state index contributed by atoms with van der Waals surface area (Å²) in [4.78, 5) is 17.8. The molecule has 0 atom stereocenters. The maximum Gasteiger partial charge on any atom is 0.271 e. The molecule has 23 heavy (non-hydrogen) atoms. The normalized spacial score (nSPS) is 10.7. The molecular formula is C17H16N2O2S2. The Morgan fingerprint density at radius 1 is 1.17 bits per heavy atom. The first-order valence-corrected chi connectivity index (χ1v) is 8.87. The van der Waals surface area contributed by atoms with Crippen LogP contribution in [0.4, 0.5) is 0 Å². The van der Waals surface area contributed by atoms with Gasteiger partial charge in [-0.25, -0.2) is 4.98 Å². The Labute approximate surface area is 142 Å². The van der Waals surface area contributed by atoms with Gasteiger partial charge in [0.05, 0.1) is 11.5 Å². The highest BCUT2D eigenvalue weighted by Crippen LogP contribution is 2.27. The fourth-order valence-corrected chi connectivity index (χ4v) is 3.80. The number of rotatable bonds is 6. The van der Waals surface area contributed by atoms with Crippen molar-refractivity contribution in [3.8, 4) is 9.88 Å². The van der Waals surface area contributed by atoms with Gasteiger partial charge in [-0.1, -0.05) is 30.3 Å². The molecule has 0 saturated heterocycles. The number of nitrogens with one attached hydrogen (secondary N) is 1. The van der Waals surface area contributed by atoms with Crippen molar-refractivity contribution in [1.29, 1.82) is 0 Å². The minimum Gasteiger partial charge on any atom is -0.380 e. The van der Waals surface area contributed by atoms with Gasteiger partial charge in [-0.05, 0) is 22.6 Å². The molecule has 2 heterocycles. The average molecular weight is 344 g/mol. The first kappa shape index (κ1) is 15.9. The van der Waals surface area contributed by atoms with Crippen LogP contribution in [0.15, 0.2) is 47.2 Å². The zero-order valence-electron chi connectivity index (χ0n) is 12.6. The van der Waals surface area contributed by atoms with Crippen LogP contribution in [0.1, 0.15) is 21.6 Å². The van der Waals surface area contributed by atoms with E-state index >= 15 is 0 Å². The standard InChI is InChI=1S/C17H16N2O2S2/c1-21-10-13-6-3-2-5-12(13)9-18-16(20)14-11-23-17(19-14)15-7-4-8-22-15/h2-8,11H,9-10H2,1H3,(H,18,20). The molecule has 0 aliphatic rings. The predicted octanol–water partition coefficient (Wildman–Crippen LogP) is 3.95. The smallest absolute Gasteiger partial charge is 0.271 e. The second-order valence-electron chi connectivity index (χ2n) is 4.90. The molecule has 0 unspecified atom stereocenters. The number of thiazole rings is 1. The Hall–Kier alpha value is -2.02. The van der Waals surface area contributed by atoms with Crippen LogP contribution in [0.2, 0.25) is 0 Å². The van der Waals surface area contributed by atoms with E-state index < -0.39 is 0 Å². The summed E-state index contributed by atoms with van der Waals surface area (Å²) in [5.41, 5.74) is 2.59. The molecule has 0 aliphatic heterocycles. The molecule has 0 aliphatic carbocycles. The summed E-state index contributed by atoms with van der Waals surface area (Å²) in [5, 5.41) is 7.61. The van der Waals surface area contributed by atoms with Gasteiger partial charge in [-0.15, -0.1) is 22.7 Å². The van der Waals surface area contributed by atoms with E-state index in [2.05, 4.69) is 10.3 Å². The van der Waals surface area contributed by atoms with E-state index in [1.807, 2.05) is 41.8 Å². The first-order chi connectivity index (χ1) is 11.3. The fourth-order valence-electron chi connectivity index (χ4n) is 2.18. The van der Waals surface area contributed by atoms with Gasteiger partial charge < -0.3 is 10.1 Å². The Morgan fingerprint density at radius 2 is 2.00 bits per heavy atom. The Morgan fingerprint density at radius 3 is 2.74 bits per heavy atom. The van der Waals surface area contributed by atoms with E-state index in [4.69, 9.17) is 4.74 Å². The van der Waals surface area contributed by atoms with Gasteiger partial charge in [0.25, 0.3) is 5.91 Å². The van der Waals surface area contributed by atoms with Crippen LogP contribution in [0.25, 0.3) is 9.88 Å². The molecule has 0 saturated carbocycles. The number of hydrogen-bond acceptors (Lipinski definition) is 5. The molecule has 1 N–H and O–H groups in total. The highest BCUT2D eigenvalue weighted by molar-refractivity contribution is 7.20. The van der Waals surface area contributed by atoms with Gasteiger partial charge in [-0.2, -0.15) is 0 Å². The van der Waals surface area contributed by atoms with Gasteiger partial charge in [0.15, 0.2) is 0 Å². The summed E-state index contributed by atoms with van der Waals surface area (Å²) in [5.74, 6) is -0.156. The molecule has 2 aromatic heterocycles. The number of hydrogen-bond donors (Lipinski definition) is 1. The molecule has 4 nitrogen and oxygen atoms in total. The van der Waals surface area contributed by atoms with Crippen LogP contribution in [0, 0.1) is 0 Å². The summed E-state index contributed by atoms with van der Waals surface area (Å²) in [6.07, 6.45) is 0. The lowest BCUT2D eigenvalue weighted by molar-refractivity contribution is 0.0946. The van der Waals surface area contributed by atoms with E-state index in [0.29, 0.717) is 18.8 Å². The summed E-state index contributed by atoms with van der Waals surface area (Å²) in [7, 11) is 1.66. The zero-order valence-corrected chi connectivity index (χ0v) is 14.2. The van der Waals surface area contributed by atoms with E-state index in [9.17, 15) is 4.79 Å². The molecule has 3 rings (SSSR count). The molecular weight excluding hydrogens is 328 g/mol. The van der Waals surface area contributed by atoms with Gasteiger partial charge >= 0.3 is 0 Å². The third-order valence-corrected chi connectivity index (χ3v) is 5.21. The summed E-state index contributed by atoms with van der Waals surface area (Å²) < 4.78 is 5.18. The van der Waals surface area contributed by atoms with Crippen LogP contribution in [-0.2, 0) is 17.9 Å². The maximum atomic E-state index is 12.3. The number of benzene rings is 1. The molecule has 3 aromatic rings. The Bertz CT molecular complexity index is 782. The lowest BCUT2D eigenvalue weighted by Gasteiger charge is -2.09. The maximum absolute atomic E-state index is 12.3. The molecule has 1 amide bonds. The van der Waals surface area contributed by atoms with Gasteiger partial charge in [0.2, 0.25) is 0 Å². The van der Waals surface area contributed by atoms with Crippen molar-refractivity contribution in [3.05, 3.63) is 64.0 Å².